The summed E-state index contributed by atoms with van der Waals surface area (Å²) in [6.45, 7) is 1.33. The number of nitrogens with one attached hydrogen (secondary N) is 1. The summed E-state index contributed by atoms with van der Waals surface area (Å²) in [5, 5.41) is 3.02. The summed E-state index contributed by atoms with van der Waals surface area (Å²) in [7, 11) is 0. The fraction of sp³-hybridized carbons (Fsp3) is 1.00. The van der Waals surface area contributed by atoms with E-state index in [1.807, 2.05) is 0 Å². The van der Waals surface area contributed by atoms with Crippen LogP contribution in [0.15, 0.2) is 0 Å². The number of rotatable bonds is 2. The van der Waals surface area contributed by atoms with Gasteiger partial charge in [-0.1, -0.05) is 0 Å². The van der Waals surface area contributed by atoms with Gasteiger partial charge in [-0.2, -0.15) is 0 Å². The van der Waals surface area contributed by atoms with E-state index >= 15 is 0 Å². The second kappa shape index (κ2) is 4.09. The van der Waals surface area contributed by atoms with Gasteiger partial charge >= 0.3 is 6.36 Å². The molecule has 0 aromatic rings. The maximum Gasteiger partial charge on any atom is 0.522 e. The lowest BCUT2D eigenvalue weighted by molar-refractivity contribution is -0.328. The third-order valence-electron chi connectivity index (χ3n) is 1.88. The Hall–Kier alpha value is -0.290. The van der Waals surface area contributed by atoms with Crippen molar-refractivity contribution in [1.29, 1.82) is 0 Å². The molecule has 1 fully saturated rings. The molecule has 0 aromatic heterocycles. The van der Waals surface area contributed by atoms with Crippen LogP contribution in [0.3, 0.4) is 0 Å². The second-order valence-corrected chi connectivity index (χ2v) is 2.97. The lowest BCUT2D eigenvalue weighted by Gasteiger charge is -2.22. The maximum atomic E-state index is 11.6. The number of alkyl halides is 3. The van der Waals surface area contributed by atoms with Crippen LogP contribution in [0, 0.1) is 5.92 Å². The van der Waals surface area contributed by atoms with Crippen LogP contribution < -0.4 is 5.32 Å². The Balaban J connectivity index is 2.13. The number of hydrogen-bond acceptors (Lipinski definition) is 2. The molecule has 1 unspecified atom stereocenters. The number of halogens is 3. The lowest BCUT2D eigenvalue weighted by atomic mass is 10.0. The van der Waals surface area contributed by atoms with Crippen molar-refractivity contribution >= 4 is 0 Å². The Morgan fingerprint density at radius 3 is 2.67 bits per heavy atom. The Labute approximate surface area is 69.1 Å². The van der Waals surface area contributed by atoms with Crippen LogP contribution in [-0.2, 0) is 4.74 Å². The van der Waals surface area contributed by atoms with E-state index in [2.05, 4.69) is 10.1 Å². The summed E-state index contributed by atoms with van der Waals surface area (Å²) in [6, 6.07) is 0. The molecule has 1 heterocycles. The summed E-state index contributed by atoms with van der Waals surface area (Å²) >= 11 is 0. The van der Waals surface area contributed by atoms with Crippen molar-refractivity contribution < 1.29 is 17.9 Å². The third kappa shape index (κ3) is 3.92. The van der Waals surface area contributed by atoms with Crippen LogP contribution in [0.5, 0.6) is 0 Å². The minimum Gasteiger partial charge on any atom is -0.316 e. The molecule has 2 nitrogen and oxygen atoms in total. The Morgan fingerprint density at radius 1 is 1.42 bits per heavy atom. The molecule has 0 aliphatic carbocycles. The SMILES string of the molecule is FC(F)(F)OCC1CCCNC1. The molecule has 1 aliphatic heterocycles. The summed E-state index contributed by atoms with van der Waals surface area (Å²) in [5.41, 5.74) is 0. The zero-order valence-corrected chi connectivity index (χ0v) is 6.66. The van der Waals surface area contributed by atoms with Crippen LogP contribution in [0.2, 0.25) is 0 Å². The molecule has 0 bridgehead atoms. The van der Waals surface area contributed by atoms with Gasteiger partial charge in [0.1, 0.15) is 0 Å². The average Bonchev–Trinajstić information content (AvgIpc) is 2.02. The van der Waals surface area contributed by atoms with E-state index in [4.69, 9.17) is 0 Å². The summed E-state index contributed by atoms with van der Waals surface area (Å²) in [5.74, 6) is 0.0142. The largest absolute Gasteiger partial charge is 0.522 e. The van der Waals surface area contributed by atoms with Crippen LogP contribution >= 0.6 is 0 Å². The predicted octanol–water partition coefficient (Wildman–Crippen LogP) is 1.52. The molecule has 1 saturated heterocycles. The van der Waals surface area contributed by atoms with Gasteiger partial charge in [0.05, 0.1) is 6.61 Å². The van der Waals surface area contributed by atoms with Gasteiger partial charge in [-0.15, -0.1) is 13.2 Å². The molecule has 1 N–H and O–H groups in total. The summed E-state index contributed by atoms with van der Waals surface area (Å²) in [6.07, 6.45) is -2.72. The third-order valence-corrected chi connectivity index (χ3v) is 1.88. The average molecular weight is 183 g/mol. The summed E-state index contributed by atoms with van der Waals surface area (Å²) < 4.78 is 38.4. The maximum absolute atomic E-state index is 11.6. The van der Waals surface area contributed by atoms with E-state index < -0.39 is 6.36 Å². The lowest BCUT2D eigenvalue weighted by Crippen LogP contribution is -2.33. The molecule has 12 heavy (non-hydrogen) atoms. The molecular formula is C7H12F3NO. The van der Waals surface area contributed by atoms with Gasteiger partial charge in [0, 0.05) is 6.54 Å². The first kappa shape index (κ1) is 9.80. The van der Waals surface area contributed by atoms with Gasteiger partial charge in [-0.3, -0.25) is 4.74 Å². The van der Waals surface area contributed by atoms with E-state index in [1.54, 1.807) is 0 Å². The monoisotopic (exact) mass is 183 g/mol. The van der Waals surface area contributed by atoms with Gasteiger partial charge in [0.25, 0.3) is 0 Å². The van der Waals surface area contributed by atoms with Crippen molar-refractivity contribution in [2.24, 2.45) is 5.92 Å². The number of piperidine rings is 1. The first-order valence-electron chi connectivity index (χ1n) is 3.99. The minimum absolute atomic E-state index is 0.0142. The first-order chi connectivity index (χ1) is 5.58. The smallest absolute Gasteiger partial charge is 0.316 e. The van der Waals surface area contributed by atoms with Crippen LogP contribution in [0.4, 0.5) is 13.2 Å². The number of hydrogen-bond donors (Lipinski definition) is 1. The van der Waals surface area contributed by atoms with E-state index in [0.29, 0.717) is 6.54 Å². The molecule has 0 saturated carbocycles. The molecule has 72 valence electrons. The Kier molecular flexibility index (Phi) is 3.34. The highest BCUT2D eigenvalue weighted by molar-refractivity contribution is 4.68. The topological polar surface area (TPSA) is 21.3 Å². The van der Waals surface area contributed by atoms with Gasteiger partial charge in [-0.25, -0.2) is 0 Å². The molecule has 1 aliphatic rings. The fourth-order valence-corrected chi connectivity index (χ4v) is 1.28. The van der Waals surface area contributed by atoms with Crippen LogP contribution in [-0.4, -0.2) is 26.1 Å². The van der Waals surface area contributed by atoms with Crippen molar-refractivity contribution in [3.63, 3.8) is 0 Å². The highest BCUT2D eigenvalue weighted by Gasteiger charge is 2.30. The fourth-order valence-electron chi connectivity index (χ4n) is 1.28. The van der Waals surface area contributed by atoms with E-state index in [1.165, 1.54) is 0 Å². The van der Waals surface area contributed by atoms with Crippen molar-refractivity contribution in [3.8, 4) is 0 Å². The molecule has 5 heteroatoms. The highest BCUT2D eigenvalue weighted by Crippen LogP contribution is 2.19. The van der Waals surface area contributed by atoms with Crippen LogP contribution in [0.1, 0.15) is 12.8 Å². The Bertz CT molecular complexity index is 131. The molecule has 0 aromatic carbocycles. The molecule has 0 radical (unpaired) electrons. The van der Waals surface area contributed by atoms with Gasteiger partial charge in [-0.05, 0) is 25.3 Å². The highest BCUT2D eigenvalue weighted by atomic mass is 19.4. The predicted molar refractivity (Wildman–Crippen MR) is 37.6 cm³/mol. The van der Waals surface area contributed by atoms with Crippen LogP contribution in [0.25, 0.3) is 0 Å². The zero-order chi connectivity index (χ0) is 9.03. The molecule has 1 rings (SSSR count). The van der Waals surface area contributed by atoms with Crippen molar-refractivity contribution in [2.45, 2.75) is 19.2 Å². The second-order valence-electron chi connectivity index (χ2n) is 2.97. The molecule has 0 spiro atoms. The Morgan fingerprint density at radius 2 is 2.17 bits per heavy atom. The molecular weight excluding hydrogens is 171 g/mol. The minimum atomic E-state index is -4.47. The van der Waals surface area contributed by atoms with Crippen molar-refractivity contribution in [2.75, 3.05) is 19.7 Å². The first-order valence-corrected chi connectivity index (χ1v) is 3.99. The van der Waals surface area contributed by atoms with Gasteiger partial charge in [0.15, 0.2) is 0 Å². The van der Waals surface area contributed by atoms with Gasteiger partial charge < -0.3 is 5.32 Å². The van der Waals surface area contributed by atoms with Gasteiger partial charge in [0.2, 0.25) is 0 Å². The quantitative estimate of drug-likeness (QED) is 0.700. The molecule has 0 amide bonds. The number of ether oxygens (including phenoxy) is 1. The normalized spacial score (nSPS) is 25.8. The van der Waals surface area contributed by atoms with E-state index in [9.17, 15) is 13.2 Å². The summed E-state index contributed by atoms with van der Waals surface area (Å²) in [4.78, 5) is 0. The van der Waals surface area contributed by atoms with Crippen molar-refractivity contribution in [3.05, 3.63) is 0 Å². The van der Waals surface area contributed by atoms with Crippen molar-refractivity contribution in [1.82, 2.24) is 5.32 Å². The molecule has 1 atom stereocenters. The van der Waals surface area contributed by atoms with E-state index in [-0.39, 0.29) is 12.5 Å². The van der Waals surface area contributed by atoms with E-state index in [0.717, 1.165) is 19.4 Å². The zero-order valence-electron chi connectivity index (χ0n) is 6.66. The standard InChI is InChI=1S/C7H12F3NO/c8-7(9,10)12-5-6-2-1-3-11-4-6/h6,11H,1-5H2.